The summed E-state index contributed by atoms with van der Waals surface area (Å²) >= 11 is 0. The minimum absolute atomic E-state index is 0.0382. The Bertz CT molecular complexity index is 486. The second kappa shape index (κ2) is 8.29. The molecule has 0 bridgehead atoms. The van der Waals surface area contributed by atoms with Crippen LogP contribution in [0, 0.1) is 5.92 Å². The van der Waals surface area contributed by atoms with E-state index in [-0.39, 0.29) is 18.4 Å². The Kier molecular flexibility index (Phi) is 6.72. The third-order valence-electron chi connectivity index (χ3n) is 3.10. The van der Waals surface area contributed by atoms with Gasteiger partial charge in [0.2, 0.25) is 5.91 Å². The molecule has 0 fully saturated rings. The van der Waals surface area contributed by atoms with Crippen molar-refractivity contribution in [2.75, 3.05) is 11.9 Å². The summed E-state index contributed by atoms with van der Waals surface area (Å²) in [5, 5.41) is 5.43. The van der Waals surface area contributed by atoms with E-state index < -0.39 is 12.1 Å². The van der Waals surface area contributed by atoms with E-state index in [1.54, 1.807) is 6.92 Å². The van der Waals surface area contributed by atoms with Gasteiger partial charge in [-0.15, -0.1) is 0 Å². The number of carbonyl (C=O) groups excluding carboxylic acids is 2. The molecule has 2 N–H and O–H groups in total. The van der Waals surface area contributed by atoms with Crippen molar-refractivity contribution in [3.8, 4) is 0 Å². The van der Waals surface area contributed by atoms with Gasteiger partial charge < -0.3 is 15.4 Å². The molecule has 0 spiro atoms. The van der Waals surface area contributed by atoms with E-state index >= 15 is 0 Å². The summed E-state index contributed by atoms with van der Waals surface area (Å²) in [6, 6.07) is 7.04. The fourth-order valence-electron chi connectivity index (χ4n) is 1.92. The minimum Gasteiger partial charge on any atom is -0.450 e. The van der Waals surface area contributed by atoms with Crippen LogP contribution >= 0.6 is 0 Å². The molecule has 1 unspecified atom stereocenters. The summed E-state index contributed by atoms with van der Waals surface area (Å²) in [4.78, 5) is 23.8. The maximum absolute atomic E-state index is 12.3. The van der Waals surface area contributed by atoms with E-state index in [0.717, 1.165) is 17.7 Å². The van der Waals surface area contributed by atoms with Crippen molar-refractivity contribution >= 4 is 17.7 Å². The molecule has 0 aliphatic rings. The molecule has 1 aromatic carbocycles. The van der Waals surface area contributed by atoms with Crippen molar-refractivity contribution in [2.24, 2.45) is 5.92 Å². The van der Waals surface area contributed by atoms with Gasteiger partial charge in [0.25, 0.3) is 0 Å². The SMILES string of the molecule is CCOC(=O)NC(C(=O)Nc1cccc(CC)c1)C(C)C. The van der Waals surface area contributed by atoms with Gasteiger partial charge in [0.15, 0.2) is 0 Å². The molecular weight excluding hydrogens is 268 g/mol. The third-order valence-corrected chi connectivity index (χ3v) is 3.10. The molecule has 0 saturated heterocycles. The van der Waals surface area contributed by atoms with Crippen molar-refractivity contribution in [1.82, 2.24) is 5.32 Å². The lowest BCUT2D eigenvalue weighted by Gasteiger charge is -2.21. The molecular formula is C16H24N2O3. The first-order chi connectivity index (χ1) is 9.97. The fourth-order valence-corrected chi connectivity index (χ4v) is 1.92. The van der Waals surface area contributed by atoms with Gasteiger partial charge in [0.05, 0.1) is 6.61 Å². The van der Waals surface area contributed by atoms with Crippen LogP contribution in [0.15, 0.2) is 24.3 Å². The molecule has 21 heavy (non-hydrogen) atoms. The monoisotopic (exact) mass is 292 g/mol. The summed E-state index contributed by atoms with van der Waals surface area (Å²) < 4.78 is 4.83. The molecule has 0 saturated carbocycles. The number of aryl methyl sites for hydroxylation is 1. The summed E-state index contributed by atoms with van der Waals surface area (Å²) in [6.07, 6.45) is 0.326. The molecule has 5 nitrogen and oxygen atoms in total. The van der Waals surface area contributed by atoms with Crippen LogP contribution in [-0.4, -0.2) is 24.6 Å². The van der Waals surface area contributed by atoms with Gasteiger partial charge in [0.1, 0.15) is 6.04 Å². The number of nitrogens with one attached hydrogen (secondary N) is 2. The van der Waals surface area contributed by atoms with E-state index in [1.165, 1.54) is 0 Å². The van der Waals surface area contributed by atoms with Gasteiger partial charge in [-0.1, -0.05) is 32.9 Å². The highest BCUT2D eigenvalue weighted by atomic mass is 16.5. The zero-order chi connectivity index (χ0) is 15.8. The molecule has 0 aliphatic heterocycles. The Morgan fingerprint density at radius 1 is 1.24 bits per heavy atom. The molecule has 1 aromatic rings. The number of rotatable bonds is 6. The molecule has 1 atom stereocenters. The van der Waals surface area contributed by atoms with Crippen LogP contribution in [0.3, 0.4) is 0 Å². The smallest absolute Gasteiger partial charge is 0.407 e. The van der Waals surface area contributed by atoms with Crippen LogP contribution in [0.5, 0.6) is 0 Å². The van der Waals surface area contributed by atoms with Gasteiger partial charge in [0, 0.05) is 5.69 Å². The molecule has 0 aromatic heterocycles. The van der Waals surface area contributed by atoms with Crippen molar-refractivity contribution in [1.29, 1.82) is 0 Å². The first kappa shape index (κ1) is 17.0. The molecule has 1 rings (SSSR count). The van der Waals surface area contributed by atoms with E-state index in [4.69, 9.17) is 4.74 Å². The second-order valence-electron chi connectivity index (χ2n) is 5.13. The summed E-state index contributed by atoms with van der Waals surface area (Å²) in [5.74, 6) is -0.282. The van der Waals surface area contributed by atoms with Crippen LogP contribution in [0.1, 0.15) is 33.3 Å². The van der Waals surface area contributed by atoms with E-state index in [0.29, 0.717) is 0 Å². The van der Waals surface area contributed by atoms with Crippen molar-refractivity contribution in [3.63, 3.8) is 0 Å². The number of alkyl carbamates (subject to hydrolysis) is 1. The molecule has 116 valence electrons. The quantitative estimate of drug-likeness (QED) is 0.847. The average molecular weight is 292 g/mol. The van der Waals surface area contributed by atoms with Crippen LogP contribution in [-0.2, 0) is 16.0 Å². The lowest BCUT2D eigenvalue weighted by Crippen LogP contribution is -2.47. The average Bonchev–Trinajstić information content (AvgIpc) is 2.44. The van der Waals surface area contributed by atoms with Gasteiger partial charge in [-0.25, -0.2) is 4.79 Å². The minimum atomic E-state index is -0.630. The molecule has 5 heteroatoms. The van der Waals surface area contributed by atoms with Gasteiger partial charge >= 0.3 is 6.09 Å². The Morgan fingerprint density at radius 2 is 1.95 bits per heavy atom. The van der Waals surface area contributed by atoms with Crippen molar-refractivity contribution in [3.05, 3.63) is 29.8 Å². The predicted molar refractivity (Wildman–Crippen MR) is 83.2 cm³/mol. The molecule has 0 aliphatic carbocycles. The fraction of sp³-hybridized carbons (Fsp3) is 0.500. The molecule has 0 heterocycles. The Balaban J connectivity index is 2.74. The van der Waals surface area contributed by atoms with Crippen LogP contribution < -0.4 is 10.6 Å². The summed E-state index contributed by atoms with van der Waals surface area (Å²) in [5.41, 5.74) is 1.88. The maximum atomic E-state index is 12.3. The van der Waals surface area contributed by atoms with Crippen LogP contribution in [0.4, 0.5) is 10.5 Å². The topological polar surface area (TPSA) is 67.4 Å². The van der Waals surface area contributed by atoms with E-state index in [9.17, 15) is 9.59 Å². The standard InChI is InChI=1S/C16H24N2O3/c1-5-12-8-7-9-13(10-12)17-15(19)14(11(3)4)18-16(20)21-6-2/h7-11,14H,5-6H2,1-4H3,(H,17,19)(H,18,20). The maximum Gasteiger partial charge on any atom is 0.407 e. The largest absolute Gasteiger partial charge is 0.450 e. The van der Waals surface area contributed by atoms with Crippen LogP contribution in [0.25, 0.3) is 0 Å². The Morgan fingerprint density at radius 3 is 2.52 bits per heavy atom. The molecule has 2 amide bonds. The normalized spacial score (nSPS) is 11.9. The Hall–Kier alpha value is -2.04. The van der Waals surface area contributed by atoms with E-state index in [1.807, 2.05) is 38.1 Å². The summed E-state index contributed by atoms with van der Waals surface area (Å²) in [7, 11) is 0. The third kappa shape index (κ3) is 5.45. The number of anilines is 1. The first-order valence-electron chi connectivity index (χ1n) is 7.31. The number of hydrogen-bond acceptors (Lipinski definition) is 3. The second-order valence-corrected chi connectivity index (χ2v) is 5.13. The van der Waals surface area contributed by atoms with Gasteiger partial charge in [-0.3, -0.25) is 4.79 Å². The van der Waals surface area contributed by atoms with E-state index in [2.05, 4.69) is 17.6 Å². The highest BCUT2D eigenvalue weighted by molar-refractivity contribution is 5.96. The van der Waals surface area contributed by atoms with Crippen molar-refractivity contribution in [2.45, 2.75) is 40.2 Å². The number of amides is 2. The Labute approximate surface area is 126 Å². The van der Waals surface area contributed by atoms with Gasteiger partial charge in [-0.05, 0) is 37.0 Å². The number of carbonyl (C=O) groups is 2. The predicted octanol–water partition coefficient (Wildman–Crippen LogP) is 2.96. The number of hydrogen-bond donors (Lipinski definition) is 2. The first-order valence-corrected chi connectivity index (χ1v) is 7.31. The lowest BCUT2D eigenvalue weighted by atomic mass is 10.0. The highest BCUT2D eigenvalue weighted by Crippen LogP contribution is 2.13. The molecule has 0 radical (unpaired) electrons. The van der Waals surface area contributed by atoms with Gasteiger partial charge in [-0.2, -0.15) is 0 Å². The number of benzene rings is 1. The zero-order valence-electron chi connectivity index (χ0n) is 13.1. The van der Waals surface area contributed by atoms with Crippen LogP contribution in [0.2, 0.25) is 0 Å². The highest BCUT2D eigenvalue weighted by Gasteiger charge is 2.24. The number of ether oxygens (including phenoxy) is 1. The zero-order valence-corrected chi connectivity index (χ0v) is 13.1. The summed E-state index contributed by atoms with van der Waals surface area (Å²) in [6.45, 7) is 7.80. The van der Waals surface area contributed by atoms with Crippen molar-refractivity contribution < 1.29 is 14.3 Å². The lowest BCUT2D eigenvalue weighted by molar-refractivity contribution is -0.119.